The van der Waals surface area contributed by atoms with Crippen molar-refractivity contribution in [1.82, 2.24) is 14.8 Å². The van der Waals surface area contributed by atoms with E-state index in [1.165, 1.54) is 5.56 Å². The maximum Gasteiger partial charge on any atom is 0.254 e. The topological polar surface area (TPSA) is 36.4 Å². The largest absolute Gasteiger partial charge is 0.339 e. The monoisotopic (exact) mass is 323 g/mol. The molecule has 2 aromatic rings. The number of hydrogen-bond donors (Lipinski definition) is 0. The standard InChI is InChI=1S/C20H25N3O/c1-22(2)15-18-5-3-4-6-19(18)20(24)23-13-9-17(10-14-23)16-7-11-21-12-8-16/h3-8,11-12,17H,9-10,13-15H2,1-2H3. The molecule has 0 aliphatic carbocycles. The van der Waals surface area contributed by atoms with E-state index in [0.29, 0.717) is 5.92 Å². The number of likely N-dealkylation sites (tertiary alicyclic amines) is 1. The van der Waals surface area contributed by atoms with Crippen molar-refractivity contribution in [1.29, 1.82) is 0 Å². The summed E-state index contributed by atoms with van der Waals surface area (Å²) in [4.78, 5) is 21.1. The van der Waals surface area contributed by atoms with Crippen LogP contribution in [-0.4, -0.2) is 47.9 Å². The van der Waals surface area contributed by atoms with E-state index in [1.54, 1.807) is 0 Å². The molecule has 1 aromatic carbocycles. The molecule has 2 heterocycles. The van der Waals surface area contributed by atoms with Crippen LogP contribution in [0.5, 0.6) is 0 Å². The second kappa shape index (κ2) is 7.58. The Morgan fingerprint density at radius 2 is 1.79 bits per heavy atom. The lowest BCUT2D eigenvalue weighted by molar-refractivity contribution is 0.0711. The fraction of sp³-hybridized carbons (Fsp3) is 0.400. The molecule has 1 aliphatic heterocycles. The Hall–Kier alpha value is -2.20. The molecule has 0 saturated carbocycles. The van der Waals surface area contributed by atoms with Crippen LogP contribution in [0.2, 0.25) is 0 Å². The van der Waals surface area contributed by atoms with E-state index in [4.69, 9.17) is 0 Å². The third kappa shape index (κ3) is 3.82. The summed E-state index contributed by atoms with van der Waals surface area (Å²) in [6.07, 6.45) is 5.74. The molecule has 0 radical (unpaired) electrons. The van der Waals surface area contributed by atoms with E-state index in [9.17, 15) is 4.79 Å². The lowest BCUT2D eigenvalue weighted by Gasteiger charge is -2.32. The molecule has 3 rings (SSSR count). The number of hydrogen-bond acceptors (Lipinski definition) is 3. The first-order valence-electron chi connectivity index (χ1n) is 8.57. The molecule has 24 heavy (non-hydrogen) atoms. The third-order valence-corrected chi connectivity index (χ3v) is 4.69. The van der Waals surface area contributed by atoms with Crippen LogP contribution in [0, 0.1) is 0 Å². The van der Waals surface area contributed by atoms with Crippen molar-refractivity contribution < 1.29 is 4.79 Å². The molecule has 0 atom stereocenters. The summed E-state index contributed by atoms with van der Waals surface area (Å²) in [5.41, 5.74) is 3.28. The summed E-state index contributed by atoms with van der Waals surface area (Å²) in [5, 5.41) is 0. The SMILES string of the molecule is CN(C)Cc1ccccc1C(=O)N1CCC(c2ccncc2)CC1. The van der Waals surface area contributed by atoms with Crippen LogP contribution in [0.15, 0.2) is 48.8 Å². The molecule has 0 N–H and O–H groups in total. The quantitative estimate of drug-likeness (QED) is 0.867. The van der Waals surface area contributed by atoms with Gasteiger partial charge in [0.05, 0.1) is 0 Å². The Balaban J connectivity index is 1.68. The average molecular weight is 323 g/mol. The van der Waals surface area contributed by atoms with Gasteiger partial charge in [-0.3, -0.25) is 9.78 Å². The number of aromatic nitrogens is 1. The van der Waals surface area contributed by atoms with Gasteiger partial charge in [-0.05, 0) is 62.2 Å². The molecular weight excluding hydrogens is 298 g/mol. The first kappa shape index (κ1) is 16.7. The normalized spacial score (nSPS) is 15.7. The van der Waals surface area contributed by atoms with Crippen LogP contribution in [0.1, 0.15) is 40.2 Å². The Kier molecular flexibility index (Phi) is 5.26. The molecule has 0 unspecified atom stereocenters. The van der Waals surface area contributed by atoms with Crippen molar-refractivity contribution in [3.63, 3.8) is 0 Å². The number of amides is 1. The van der Waals surface area contributed by atoms with Crippen molar-refractivity contribution in [2.24, 2.45) is 0 Å². The number of carbonyl (C=O) groups excluding carboxylic acids is 1. The lowest BCUT2D eigenvalue weighted by atomic mass is 9.89. The molecule has 4 heteroatoms. The van der Waals surface area contributed by atoms with Crippen molar-refractivity contribution in [2.75, 3.05) is 27.2 Å². The van der Waals surface area contributed by atoms with E-state index in [-0.39, 0.29) is 5.91 Å². The predicted octanol–water partition coefficient (Wildman–Crippen LogP) is 3.16. The van der Waals surface area contributed by atoms with Crippen LogP contribution in [0.25, 0.3) is 0 Å². The first-order chi connectivity index (χ1) is 11.6. The molecule has 1 aliphatic rings. The number of nitrogens with zero attached hydrogens (tertiary/aromatic N) is 3. The van der Waals surface area contributed by atoms with Crippen molar-refractivity contribution in [2.45, 2.75) is 25.3 Å². The van der Waals surface area contributed by atoms with E-state index >= 15 is 0 Å². The second-order valence-corrected chi connectivity index (χ2v) is 6.74. The van der Waals surface area contributed by atoms with Gasteiger partial charge in [-0.15, -0.1) is 0 Å². The van der Waals surface area contributed by atoms with Crippen LogP contribution >= 0.6 is 0 Å². The zero-order valence-corrected chi connectivity index (χ0v) is 14.5. The Bertz CT molecular complexity index is 676. The summed E-state index contributed by atoms with van der Waals surface area (Å²) < 4.78 is 0. The molecule has 1 fully saturated rings. The summed E-state index contributed by atoms with van der Waals surface area (Å²) in [7, 11) is 4.06. The number of piperidine rings is 1. The van der Waals surface area contributed by atoms with Crippen molar-refractivity contribution >= 4 is 5.91 Å². The summed E-state index contributed by atoms with van der Waals surface area (Å²) in [6, 6.07) is 12.2. The molecule has 1 amide bonds. The number of rotatable bonds is 4. The zero-order valence-electron chi connectivity index (χ0n) is 14.5. The minimum absolute atomic E-state index is 0.167. The van der Waals surface area contributed by atoms with Crippen molar-refractivity contribution in [3.05, 3.63) is 65.5 Å². The fourth-order valence-electron chi connectivity index (χ4n) is 3.43. The number of benzene rings is 1. The van der Waals surface area contributed by atoms with Gasteiger partial charge in [-0.1, -0.05) is 18.2 Å². The molecule has 0 spiro atoms. The fourth-order valence-corrected chi connectivity index (χ4v) is 3.43. The predicted molar refractivity (Wildman–Crippen MR) is 95.9 cm³/mol. The van der Waals surface area contributed by atoms with Gasteiger partial charge >= 0.3 is 0 Å². The van der Waals surface area contributed by atoms with Gasteiger partial charge in [-0.25, -0.2) is 0 Å². The van der Waals surface area contributed by atoms with Gasteiger partial charge in [-0.2, -0.15) is 0 Å². The van der Waals surface area contributed by atoms with E-state index in [1.807, 2.05) is 49.6 Å². The summed E-state index contributed by atoms with van der Waals surface area (Å²) >= 11 is 0. The highest BCUT2D eigenvalue weighted by atomic mass is 16.2. The molecule has 4 nitrogen and oxygen atoms in total. The van der Waals surface area contributed by atoms with Crippen molar-refractivity contribution in [3.8, 4) is 0 Å². The maximum absolute atomic E-state index is 12.9. The molecule has 126 valence electrons. The molecule has 1 aromatic heterocycles. The van der Waals surface area contributed by atoms with Crippen LogP contribution < -0.4 is 0 Å². The lowest BCUT2D eigenvalue weighted by Crippen LogP contribution is -2.38. The van der Waals surface area contributed by atoms with Gasteiger partial charge in [0, 0.05) is 37.6 Å². The number of carbonyl (C=O) groups is 1. The zero-order chi connectivity index (χ0) is 16.9. The van der Waals surface area contributed by atoms with Crippen LogP contribution in [0.4, 0.5) is 0 Å². The second-order valence-electron chi connectivity index (χ2n) is 6.74. The third-order valence-electron chi connectivity index (χ3n) is 4.69. The minimum Gasteiger partial charge on any atom is -0.339 e. The van der Waals surface area contributed by atoms with E-state index in [0.717, 1.165) is 43.6 Å². The smallest absolute Gasteiger partial charge is 0.254 e. The van der Waals surface area contributed by atoms with Gasteiger partial charge in [0.1, 0.15) is 0 Å². The Morgan fingerprint density at radius 1 is 1.12 bits per heavy atom. The average Bonchev–Trinajstić information content (AvgIpc) is 2.62. The molecular formula is C20H25N3O. The highest BCUT2D eigenvalue weighted by Gasteiger charge is 2.25. The first-order valence-corrected chi connectivity index (χ1v) is 8.57. The maximum atomic E-state index is 12.9. The Morgan fingerprint density at radius 3 is 2.46 bits per heavy atom. The van der Waals surface area contributed by atoms with Gasteiger partial charge in [0.15, 0.2) is 0 Å². The Labute approximate surface area is 144 Å². The summed E-state index contributed by atoms with van der Waals surface area (Å²) in [5.74, 6) is 0.703. The van der Waals surface area contributed by atoms with Crippen LogP contribution in [-0.2, 0) is 6.54 Å². The van der Waals surface area contributed by atoms with Gasteiger partial charge in [0.2, 0.25) is 0 Å². The molecule has 0 bridgehead atoms. The van der Waals surface area contributed by atoms with Gasteiger partial charge in [0.25, 0.3) is 5.91 Å². The summed E-state index contributed by atoms with van der Waals surface area (Å²) in [6.45, 7) is 2.43. The highest BCUT2D eigenvalue weighted by Crippen LogP contribution is 2.28. The van der Waals surface area contributed by atoms with Gasteiger partial charge < -0.3 is 9.80 Å². The van der Waals surface area contributed by atoms with Crippen LogP contribution in [0.3, 0.4) is 0 Å². The highest BCUT2D eigenvalue weighted by molar-refractivity contribution is 5.95. The van der Waals surface area contributed by atoms with E-state index in [2.05, 4.69) is 28.1 Å². The van der Waals surface area contributed by atoms with E-state index < -0.39 is 0 Å². The molecule has 1 saturated heterocycles. The minimum atomic E-state index is 0.167. The number of pyridine rings is 1.